The Bertz CT molecular complexity index is 615. The van der Waals surface area contributed by atoms with Crippen LogP contribution in [0.4, 0.5) is 4.79 Å². The van der Waals surface area contributed by atoms with E-state index in [0.29, 0.717) is 12.5 Å². The van der Waals surface area contributed by atoms with Gasteiger partial charge in [0.2, 0.25) is 0 Å². The van der Waals surface area contributed by atoms with Gasteiger partial charge in [0.05, 0.1) is 6.54 Å². The number of piperidine rings is 1. The minimum atomic E-state index is -0.175. The van der Waals surface area contributed by atoms with Gasteiger partial charge in [-0.2, -0.15) is 0 Å². The molecule has 0 aliphatic carbocycles. The first-order valence-corrected chi connectivity index (χ1v) is 9.81. The summed E-state index contributed by atoms with van der Waals surface area (Å²) in [6.45, 7) is 7.66. The van der Waals surface area contributed by atoms with E-state index in [1.165, 1.54) is 0 Å². The molecule has 2 aliphatic rings. The van der Waals surface area contributed by atoms with Crippen molar-refractivity contribution in [1.82, 2.24) is 9.80 Å². The van der Waals surface area contributed by atoms with Crippen LogP contribution in [-0.2, 0) is 11.2 Å². The zero-order valence-electron chi connectivity index (χ0n) is 14.9. The number of benzene rings is 1. The van der Waals surface area contributed by atoms with Crippen LogP contribution in [0.25, 0.3) is 0 Å². The zero-order valence-corrected chi connectivity index (χ0v) is 16.4. The van der Waals surface area contributed by atoms with Crippen molar-refractivity contribution in [1.29, 1.82) is 0 Å². The summed E-state index contributed by atoms with van der Waals surface area (Å²) in [6.07, 6.45) is 3.07. The predicted octanol–water partition coefficient (Wildman–Crippen LogP) is 4.48. The average Bonchev–Trinajstić information content (AvgIpc) is 2.93. The van der Waals surface area contributed by atoms with Crippen LogP contribution in [0, 0.1) is 5.92 Å². The molecule has 0 radical (unpaired) electrons. The van der Waals surface area contributed by atoms with E-state index in [0.717, 1.165) is 54.5 Å². The number of rotatable bonds is 5. The number of hydrogen-bond donors (Lipinski definition) is 0. The van der Waals surface area contributed by atoms with Gasteiger partial charge in [0.25, 0.3) is 0 Å². The van der Waals surface area contributed by atoms with Crippen molar-refractivity contribution < 1.29 is 9.53 Å². The van der Waals surface area contributed by atoms with Gasteiger partial charge in [0.15, 0.2) is 0 Å². The van der Waals surface area contributed by atoms with Gasteiger partial charge in [-0.05, 0) is 75.9 Å². The molecule has 0 saturated carbocycles. The Morgan fingerprint density at radius 1 is 1.24 bits per heavy atom. The lowest BCUT2D eigenvalue weighted by Gasteiger charge is -2.33. The molecule has 2 aliphatic heterocycles. The highest BCUT2D eigenvalue weighted by Crippen LogP contribution is 2.28. The van der Waals surface area contributed by atoms with Gasteiger partial charge in [0.1, 0.15) is 6.10 Å². The largest absolute Gasteiger partial charge is 0.443 e. The lowest BCUT2D eigenvalue weighted by atomic mass is 9.90. The van der Waals surface area contributed by atoms with Crippen molar-refractivity contribution in [3.05, 3.63) is 33.8 Å². The maximum atomic E-state index is 11.8. The molecule has 2 saturated heterocycles. The Hall–Kier alpha value is -0.970. The summed E-state index contributed by atoms with van der Waals surface area (Å²) in [5.41, 5.74) is 1.14. The molecule has 1 aromatic rings. The van der Waals surface area contributed by atoms with Crippen LogP contribution >= 0.6 is 23.2 Å². The van der Waals surface area contributed by atoms with Crippen LogP contribution < -0.4 is 0 Å². The smallest absolute Gasteiger partial charge is 0.410 e. The zero-order chi connectivity index (χ0) is 18.0. The summed E-state index contributed by atoms with van der Waals surface area (Å²) in [7, 11) is 0. The van der Waals surface area contributed by atoms with Crippen molar-refractivity contribution in [2.45, 2.75) is 45.3 Å². The molecule has 0 aromatic heterocycles. The Labute approximate surface area is 160 Å². The van der Waals surface area contributed by atoms with E-state index in [-0.39, 0.29) is 18.2 Å². The van der Waals surface area contributed by atoms with Crippen LogP contribution in [0.5, 0.6) is 0 Å². The first-order chi connectivity index (χ1) is 11.9. The summed E-state index contributed by atoms with van der Waals surface area (Å²) in [6, 6.07) is 5.89. The van der Waals surface area contributed by atoms with Gasteiger partial charge in [-0.15, -0.1) is 0 Å². The van der Waals surface area contributed by atoms with Crippen LogP contribution in [0.15, 0.2) is 18.2 Å². The number of likely N-dealkylation sites (tertiary alicyclic amines) is 1. The molecule has 6 heteroatoms. The second-order valence-electron chi connectivity index (χ2n) is 7.44. The van der Waals surface area contributed by atoms with Crippen LogP contribution in [-0.4, -0.2) is 54.2 Å². The second-order valence-corrected chi connectivity index (χ2v) is 8.28. The summed E-state index contributed by atoms with van der Waals surface area (Å²) < 4.78 is 5.50. The fourth-order valence-corrected chi connectivity index (χ4v) is 4.12. The highest BCUT2D eigenvalue weighted by molar-refractivity contribution is 6.33. The van der Waals surface area contributed by atoms with E-state index in [2.05, 4.69) is 4.90 Å². The highest BCUT2D eigenvalue weighted by Gasteiger charge is 2.34. The van der Waals surface area contributed by atoms with Crippen LogP contribution in [0.1, 0.15) is 32.3 Å². The van der Waals surface area contributed by atoms with Crippen molar-refractivity contribution in [3.8, 4) is 0 Å². The van der Waals surface area contributed by atoms with E-state index in [1.807, 2.05) is 32.0 Å². The Balaban J connectivity index is 1.46. The fraction of sp³-hybridized carbons (Fsp3) is 0.632. The van der Waals surface area contributed by atoms with Gasteiger partial charge in [-0.3, -0.25) is 4.90 Å². The standard InChI is InChI=1S/C19H26Cl2N2O2/c1-13(2)23-12-17(25-19(23)24)11-22-7-5-14(6-8-22)9-15-10-16(20)3-4-18(15)21/h3-4,10,13-14,17H,5-9,11-12H2,1-2H3. The van der Waals surface area contributed by atoms with Crippen LogP contribution in [0.3, 0.4) is 0 Å². The number of carbonyl (C=O) groups excluding carboxylic acids is 1. The predicted molar refractivity (Wildman–Crippen MR) is 101 cm³/mol. The molecule has 25 heavy (non-hydrogen) atoms. The molecule has 1 unspecified atom stereocenters. The topological polar surface area (TPSA) is 32.8 Å². The maximum absolute atomic E-state index is 11.8. The summed E-state index contributed by atoms with van der Waals surface area (Å²) in [5.74, 6) is 0.630. The molecule has 0 bridgehead atoms. The third kappa shape index (κ3) is 4.81. The van der Waals surface area contributed by atoms with Crippen molar-refractivity contribution in [2.75, 3.05) is 26.2 Å². The number of hydrogen-bond acceptors (Lipinski definition) is 3. The summed E-state index contributed by atoms with van der Waals surface area (Å²) in [5, 5.41) is 1.55. The molecule has 4 nitrogen and oxygen atoms in total. The second kappa shape index (κ2) is 8.15. The molecule has 138 valence electrons. The van der Waals surface area contributed by atoms with Crippen molar-refractivity contribution in [3.63, 3.8) is 0 Å². The molecule has 3 rings (SSSR count). The van der Waals surface area contributed by atoms with E-state index >= 15 is 0 Å². The third-order valence-corrected chi connectivity index (χ3v) is 5.81. The normalized spacial score (nSPS) is 22.7. The minimum absolute atomic E-state index is 0.00572. The SMILES string of the molecule is CC(C)N1CC(CN2CCC(Cc3cc(Cl)ccc3Cl)CC2)OC1=O. The Morgan fingerprint density at radius 3 is 2.60 bits per heavy atom. The average molecular weight is 385 g/mol. The Morgan fingerprint density at radius 2 is 1.96 bits per heavy atom. The van der Waals surface area contributed by atoms with E-state index in [9.17, 15) is 4.79 Å². The molecule has 2 fully saturated rings. The molecular formula is C19H26Cl2N2O2. The maximum Gasteiger partial charge on any atom is 0.410 e. The number of amides is 1. The van der Waals surface area contributed by atoms with Gasteiger partial charge in [-0.25, -0.2) is 4.79 Å². The first kappa shape index (κ1) is 18.8. The lowest BCUT2D eigenvalue weighted by Crippen LogP contribution is -2.41. The molecule has 1 atom stereocenters. The van der Waals surface area contributed by atoms with Gasteiger partial charge >= 0.3 is 6.09 Å². The first-order valence-electron chi connectivity index (χ1n) is 9.06. The molecule has 0 N–H and O–H groups in total. The fourth-order valence-electron chi connectivity index (χ4n) is 3.73. The van der Waals surface area contributed by atoms with Crippen molar-refractivity contribution >= 4 is 29.3 Å². The van der Waals surface area contributed by atoms with Crippen molar-refractivity contribution in [2.24, 2.45) is 5.92 Å². The van der Waals surface area contributed by atoms with Gasteiger partial charge < -0.3 is 9.64 Å². The Kier molecular flexibility index (Phi) is 6.13. The lowest BCUT2D eigenvalue weighted by molar-refractivity contribution is 0.0902. The number of halogens is 2. The van der Waals surface area contributed by atoms with E-state index in [4.69, 9.17) is 27.9 Å². The number of carbonyl (C=O) groups is 1. The molecule has 2 heterocycles. The van der Waals surface area contributed by atoms with Gasteiger partial charge in [0, 0.05) is 22.6 Å². The van der Waals surface area contributed by atoms with E-state index in [1.54, 1.807) is 4.90 Å². The highest BCUT2D eigenvalue weighted by atomic mass is 35.5. The molecule has 1 amide bonds. The monoisotopic (exact) mass is 384 g/mol. The molecule has 0 spiro atoms. The quantitative estimate of drug-likeness (QED) is 0.750. The number of nitrogens with zero attached hydrogens (tertiary/aromatic N) is 2. The third-order valence-electron chi connectivity index (χ3n) is 5.21. The molecular weight excluding hydrogens is 359 g/mol. The van der Waals surface area contributed by atoms with E-state index < -0.39 is 0 Å². The van der Waals surface area contributed by atoms with Gasteiger partial charge in [-0.1, -0.05) is 23.2 Å². The molecule has 1 aromatic carbocycles. The minimum Gasteiger partial charge on any atom is -0.443 e. The summed E-state index contributed by atoms with van der Waals surface area (Å²) >= 11 is 12.4. The number of cyclic esters (lactones) is 1. The number of ether oxygens (including phenoxy) is 1. The van der Waals surface area contributed by atoms with Crippen LogP contribution in [0.2, 0.25) is 10.0 Å². The summed E-state index contributed by atoms with van der Waals surface area (Å²) in [4.78, 5) is 16.1.